The van der Waals surface area contributed by atoms with Crippen LogP contribution in [0.5, 0.6) is 5.75 Å². The van der Waals surface area contributed by atoms with Gasteiger partial charge in [-0.3, -0.25) is 4.79 Å². The molecule has 112 valence electrons. The van der Waals surface area contributed by atoms with Gasteiger partial charge in [0, 0.05) is 6.42 Å². The summed E-state index contributed by atoms with van der Waals surface area (Å²) in [5, 5.41) is 12.4. The van der Waals surface area contributed by atoms with E-state index in [1.807, 2.05) is 0 Å². The van der Waals surface area contributed by atoms with Gasteiger partial charge >= 0.3 is 0 Å². The molecule has 1 aromatic rings. The number of para-hydroxylation sites is 2. The lowest BCUT2D eigenvalue weighted by molar-refractivity contribution is -0.116. The number of benzene rings is 1. The van der Waals surface area contributed by atoms with Gasteiger partial charge in [0.15, 0.2) is 0 Å². The molecule has 0 radical (unpaired) electrons. The molecule has 0 heterocycles. The number of rotatable bonds is 6. The predicted octanol–water partition coefficient (Wildman–Crippen LogP) is 3.12. The summed E-state index contributed by atoms with van der Waals surface area (Å²) in [6, 6.07) is 6.75. The number of nitrogens with one attached hydrogen (secondary N) is 1. The van der Waals surface area contributed by atoms with Gasteiger partial charge in [0.25, 0.3) is 0 Å². The number of nitrogens with two attached hydrogens (primary N) is 1. The Kier molecular flexibility index (Phi) is 6.02. The summed E-state index contributed by atoms with van der Waals surface area (Å²) in [6.07, 6.45) is 2.17. The molecule has 0 aromatic heterocycles. The van der Waals surface area contributed by atoms with E-state index in [2.05, 4.69) is 26.1 Å². The molecule has 1 amide bonds. The summed E-state index contributed by atoms with van der Waals surface area (Å²) in [7, 11) is 0. The van der Waals surface area contributed by atoms with Crippen molar-refractivity contribution in [3.05, 3.63) is 24.3 Å². The van der Waals surface area contributed by atoms with Crippen LogP contribution in [-0.2, 0) is 4.79 Å². The Hall–Kier alpha value is -1.55. The molecule has 20 heavy (non-hydrogen) atoms. The van der Waals surface area contributed by atoms with Crippen molar-refractivity contribution < 1.29 is 9.90 Å². The third-order valence-electron chi connectivity index (χ3n) is 3.64. The standard InChI is InChI=1S/C16H26N2O2/c1-16(2,3)12(10-11-17)8-9-15(20)18-13-6-4-5-7-14(13)19/h4-7,12,19H,8-11,17H2,1-3H3,(H,18,20). The minimum Gasteiger partial charge on any atom is -0.506 e. The Balaban J connectivity index is 2.52. The molecule has 0 fully saturated rings. The van der Waals surface area contributed by atoms with Crippen LogP contribution in [0.3, 0.4) is 0 Å². The van der Waals surface area contributed by atoms with Gasteiger partial charge in [0.2, 0.25) is 5.91 Å². The quantitative estimate of drug-likeness (QED) is 0.700. The van der Waals surface area contributed by atoms with Crippen molar-refractivity contribution in [3.63, 3.8) is 0 Å². The molecular formula is C16H26N2O2. The van der Waals surface area contributed by atoms with Gasteiger partial charge in [-0.25, -0.2) is 0 Å². The SMILES string of the molecule is CC(C)(C)C(CCN)CCC(=O)Nc1ccccc1O. The smallest absolute Gasteiger partial charge is 0.224 e. The van der Waals surface area contributed by atoms with Crippen LogP contribution in [0, 0.1) is 11.3 Å². The van der Waals surface area contributed by atoms with Crippen LogP contribution >= 0.6 is 0 Å². The molecule has 0 aliphatic rings. The first-order chi connectivity index (χ1) is 9.34. The Labute approximate surface area is 121 Å². The van der Waals surface area contributed by atoms with Crippen molar-refractivity contribution in [2.45, 2.75) is 40.0 Å². The maximum absolute atomic E-state index is 11.9. The Morgan fingerprint density at radius 3 is 2.50 bits per heavy atom. The van der Waals surface area contributed by atoms with Gasteiger partial charge in [-0.2, -0.15) is 0 Å². The molecule has 0 aliphatic carbocycles. The van der Waals surface area contributed by atoms with Crippen molar-refractivity contribution in [1.82, 2.24) is 0 Å². The third kappa shape index (κ3) is 5.21. The van der Waals surface area contributed by atoms with Gasteiger partial charge in [-0.05, 0) is 42.9 Å². The summed E-state index contributed by atoms with van der Waals surface area (Å²) in [6.45, 7) is 7.17. The van der Waals surface area contributed by atoms with E-state index < -0.39 is 0 Å². The van der Waals surface area contributed by atoms with Crippen molar-refractivity contribution in [3.8, 4) is 5.75 Å². The molecule has 4 nitrogen and oxygen atoms in total. The zero-order chi connectivity index (χ0) is 15.2. The minimum absolute atomic E-state index is 0.0715. The first kappa shape index (κ1) is 16.5. The lowest BCUT2D eigenvalue weighted by Crippen LogP contribution is -2.25. The minimum atomic E-state index is -0.0715. The molecule has 0 saturated carbocycles. The molecule has 0 saturated heterocycles. The zero-order valence-electron chi connectivity index (χ0n) is 12.6. The van der Waals surface area contributed by atoms with E-state index >= 15 is 0 Å². The zero-order valence-corrected chi connectivity index (χ0v) is 12.6. The summed E-state index contributed by atoms with van der Waals surface area (Å²) in [5.41, 5.74) is 6.25. The number of carbonyl (C=O) groups is 1. The largest absolute Gasteiger partial charge is 0.506 e. The Morgan fingerprint density at radius 2 is 1.95 bits per heavy atom. The Bertz CT molecular complexity index is 438. The lowest BCUT2D eigenvalue weighted by atomic mass is 9.76. The van der Waals surface area contributed by atoms with E-state index in [0.717, 1.165) is 12.8 Å². The van der Waals surface area contributed by atoms with Crippen LogP contribution in [0.1, 0.15) is 40.0 Å². The lowest BCUT2D eigenvalue weighted by Gasteiger charge is -2.30. The number of amides is 1. The molecule has 1 rings (SSSR count). The molecule has 0 bridgehead atoms. The normalized spacial score (nSPS) is 13.0. The van der Waals surface area contributed by atoms with Crippen LogP contribution in [0.2, 0.25) is 0 Å². The molecule has 1 aromatic carbocycles. The highest BCUT2D eigenvalue weighted by atomic mass is 16.3. The van der Waals surface area contributed by atoms with Crippen LogP contribution in [0.25, 0.3) is 0 Å². The van der Waals surface area contributed by atoms with Crippen molar-refractivity contribution in [1.29, 1.82) is 0 Å². The van der Waals surface area contributed by atoms with Crippen molar-refractivity contribution in [2.24, 2.45) is 17.1 Å². The molecule has 4 heteroatoms. The monoisotopic (exact) mass is 278 g/mol. The second-order valence-corrected chi connectivity index (χ2v) is 6.24. The van der Waals surface area contributed by atoms with Gasteiger partial charge in [-0.1, -0.05) is 32.9 Å². The first-order valence-corrected chi connectivity index (χ1v) is 7.12. The summed E-state index contributed by atoms with van der Waals surface area (Å²) in [4.78, 5) is 11.9. The maximum atomic E-state index is 11.9. The second-order valence-electron chi connectivity index (χ2n) is 6.24. The highest BCUT2D eigenvalue weighted by Crippen LogP contribution is 2.32. The third-order valence-corrected chi connectivity index (χ3v) is 3.64. The first-order valence-electron chi connectivity index (χ1n) is 7.12. The molecular weight excluding hydrogens is 252 g/mol. The van der Waals surface area contributed by atoms with Crippen LogP contribution in [0.15, 0.2) is 24.3 Å². The van der Waals surface area contributed by atoms with E-state index in [1.165, 1.54) is 0 Å². The van der Waals surface area contributed by atoms with E-state index in [0.29, 0.717) is 24.6 Å². The molecule has 0 aliphatic heterocycles. The van der Waals surface area contributed by atoms with E-state index in [4.69, 9.17) is 5.73 Å². The highest BCUT2D eigenvalue weighted by Gasteiger charge is 2.24. The fraction of sp³-hybridized carbons (Fsp3) is 0.562. The van der Waals surface area contributed by atoms with Crippen LogP contribution in [-0.4, -0.2) is 17.6 Å². The van der Waals surface area contributed by atoms with Gasteiger partial charge < -0.3 is 16.2 Å². The number of anilines is 1. The second kappa shape index (κ2) is 7.29. The average molecular weight is 278 g/mol. The number of phenols is 1. The predicted molar refractivity (Wildman–Crippen MR) is 82.6 cm³/mol. The maximum Gasteiger partial charge on any atom is 0.224 e. The van der Waals surface area contributed by atoms with E-state index in [9.17, 15) is 9.90 Å². The fourth-order valence-corrected chi connectivity index (χ4v) is 2.31. The van der Waals surface area contributed by atoms with E-state index in [-0.39, 0.29) is 17.1 Å². The topological polar surface area (TPSA) is 75.4 Å². The summed E-state index contributed by atoms with van der Waals surface area (Å²) < 4.78 is 0. The molecule has 0 spiro atoms. The number of aromatic hydroxyl groups is 1. The van der Waals surface area contributed by atoms with Gasteiger partial charge in [-0.15, -0.1) is 0 Å². The fourth-order valence-electron chi connectivity index (χ4n) is 2.31. The molecule has 4 N–H and O–H groups in total. The number of phenolic OH excluding ortho intramolecular Hbond substituents is 1. The molecule has 1 atom stereocenters. The Morgan fingerprint density at radius 1 is 1.30 bits per heavy atom. The summed E-state index contributed by atoms with van der Waals surface area (Å²) in [5.74, 6) is 0.440. The van der Waals surface area contributed by atoms with Crippen molar-refractivity contribution >= 4 is 11.6 Å². The summed E-state index contributed by atoms with van der Waals surface area (Å²) >= 11 is 0. The number of hydrogen-bond donors (Lipinski definition) is 3. The van der Waals surface area contributed by atoms with Gasteiger partial charge in [0.05, 0.1) is 5.69 Å². The van der Waals surface area contributed by atoms with Crippen LogP contribution < -0.4 is 11.1 Å². The van der Waals surface area contributed by atoms with Crippen molar-refractivity contribution in [2.75, 3.05) is 11.9 Å². The van der Waals surface area contributed by atoms with Crippen LogP contribution in [0.4, 0.5) is 5.69 Å². The van der Waals surface area contributed by atoms with Gasteiger partial charge in [0.1, 0.15) is 5.75 Å². The molecule has 1 unspecified atom stereocenters. The van der Waals surface area contributed by atoms with E-state index in [1.54, 1.807) is 24.3 Å². The highest BCUT2D eigenvalue weighted by molar-refractivity contribution is 5.92. The average Bonchev–Trinajstić information content (AvgIpc) is 2.36. The number of hydrogen-bond acceptors (Lipinski definition) is 3. The number of carbonyl (C=O) groups excluding carboxylic acids is 1.